The van der Waals surface area contributed by atoms with Gasteiger partial charge in [-0.1, -0.05) is 12.1 Å². The summed E-state index contributed by atoms with van der Waals surface area (Å²) in [5.74, 6) is 0.777. The molecule has 1 aromatic carbocycles. The van der Waals surface area contributed by atoms with E-state index < -0.39 is 0 Å². The summed E-state index contributed by atoms with van der Waals surface area (Å²) in [5, 5.41) is 11.8. The van der Waals surface area contributed by atoms with E-state index in [1.54, 1.807) is 13.3 Å². The summed E-state index contributed by atoms with van der Waals surface area (Å²) >= 11 is 0. The zero-order valence-corrected chi connectivity index (χ0v) is 11.8. The van der Waals surface area contributed by atoms with E-state index in [0.29, 0.717) is 25.4 Å². The molecule has 7 heteroatoms. The first-order valence-electron chi connectivity index (χ1n) is 6.52. The summed E-state index contributed by atoms with van der Waals surface area (Å²) in [6, 6.07) is 7.25. The van der Waals surface area contributed by atoms with Crippen molar-refractivity contribution in [2.75, 3.05) is 25.6 Å². The highest BCUT2D eigenvalue weighted by molar-refractivity contribution is 5.88. The molecule has 0 aliphatic heterocycles. The highest BCUT2D eigenvalue weighted by Crippen LogP contribution is 2.12. The van der Waals surface area contributed by atoms with Crippen LogP contribution in [0.25, 0.3) is 0 Å². The first-order chi connectivity index (χ1) is 10.3. The number of benzene rings is 1. The Morgan fingerprint density at radius 3 is 2.76 bits per heavy atom. The highest BCUT2D eigenvalue weighted by Gasteiger charge is 2.02. The van der Waals surface area contributed by atoms with E-state index in [1.807, 2.05) is 24.3 Å². The SMILES string of the molecule is COCCOc1ccc(CNC(=O)Nc2cn[nH]c2)cc1. The number of H-pyrrole nitrogens is 1. The van der Waals surface area contributed by atoms with Gasteiger partial charge < -0.3 is 20.1 Å². The smallest absolute Gasteiger partial charge is 0.319 e. The van der Waals surface area contributed by atoms with Gasteiger partial charge in [0.1, 0.15) is 12.4 Å². The van der Waals surface area contributed by atoms with Crippen LogP contribution >= 0.6 is 0 Å². The number of hydrogen-bond acceptors (Lipinski definition) is 4. The van der Waals surface area contributed by atoms with Gasteiger partial charge in [-0.3, -0.25) is 5.10 Å². The van der Waals surface area contributed by atoms with Gasteiger partial charge in [-0.15, -0.1) is 0 Å². The van der Waals surface area contributed by atoms with Gasteiger partial charge in [0.05, 0.1) is 18.5 Å². The van der Waals surface area contributed by atoms with Gasteiger partial charge in [-0.05, 0) is 17.7 Å². The van der Waals surface area contributed by atoms with Crippen LogP contribution in [0.15, 0.2) is 36.7 Å². The van der Waals surface area contributed by atoms with Gasteiger partial charge in [-0.2, -0.15) is 5.10 Å². The quantitative estimate of drug-likeness (QED) is 0.678. The van der Waals surface area contributed by atoms with E-state index in [-0.39, 0.29) is 6.03 Å². The fourth-order valence-corrected chi connectivity index (χ4v) is 1.62. The molecule has 0 unspecified atom stereocenters. The zero-order chi connectivity index (χ0) is 14.9. The van der Waals surface area contributed by atoms with Crippen molar-refractivity contribution < 1.29 is 14.3 Å². The molecule has 0 saturated heterocycles. The van der Waals surface area contributed by atoms with Crippen LogP contribution in [0, 0.1) is 0 Å². The number of aromatic nitrogens is 2. The molecule has 0 fully saturated rings. The Hall–Kier alpha value is -2.54. The molecule has 1 aromatic heterocycles. The van der Waals surface area contributed by atoms with E-state index in [2.05, 4.69) is 20.8 Å². The van der Waals surface area contributed by atoms with Gasteiger partial charge in [0.15, 0.2) is 0 Å². The second-order valence-corrected chi connectivity index (χ2v) is 4.28. The van der Waals surface area contributed by atoms with Gasteiger partial charge >= 0.3 is 6.03 Å². The van der Waals surface area contributed by atoms with Crippen molar-refractivity contribution in [1.82, 2.24) is 15.5 Å². The van der Waals surface area contributed by atoms with Crippen molar-refractivity contribution in [3.8, 4) is 5.75 Å². The molecule has 0 bridgehead atoms. The van der Waals surface area contributed by atoms with Crippen LogP contribution in [0.1, 0.15) is 5.56 Å². The number of nitrogens with zero attached hydrogens (tertiary/aromatic N) is 1. The van der Waals surface area contributed by atoms with Gasteiger partial charge in [-0.25, -0.2) is 4.79 Å². The van der Waals surface area contributed by atoms with E-state index in [9.17, 15) is 4.79 Å². The first kappa shape index (κ1) is 14.9. The van der Waals surface area contributed by atoms with Crippen molar-refractivity contribution in [3.63, 3.8) is 0 Å². The largest absolute Gasteiger partial charge is 0.491 e. The second-order valence-electron chi connectivity index (χ2n) is 4.28. The number of anilines is 1. The molecule has 2 aromatic rings. The molecule has 0 aliphatic rings. The van der Waals surface area contributed by atoms with Gasteiger partial charge in [0.2, 0.25) is 0 Å². The lowest BCUT2D eigenvalue weighted by atomic mass is 10.2. The Labute approximate surface area is 122 Å². The lowest BCUT2D eigenvalue weighted by Crippen LogP contribution is -2.27. The molecule has 3 N–H and O–H groups in total. The Morgan fingerprint density at radius 1 is 1.29 bits per heavy atom. The molecule has 2 rings (SSSR count). The molecule has 0 saturated carbocycles. The number of aromatic amines is 1. The molecule has 7 nitrogen and oxygen atoms in total. The molecular formula is C14H18N4O3. The number of rotatable bonds is 7. The predicted octanol–water partition coefficient (Wildman–Crippen LogP) is 1.76. The van der Waals surface area contributed by atoms with Gasteiger partial charge in [0.25, 0.3) is 0 Å². The topological polar surface area (TPSA) is 88.3 Å². The highest BCUT2D eigenvalue weighted by atomic mass is 16.5. The Balaban J connectivity index is 1.74. The molecule has 112 valence electrons. The van der Waals surface area contributed by atoms with Crippen LogP contribution in [0.3, 0.4) is 0 Å². The summed E-state index contributed by atoms with van der Waals surface area (Å²) in [6.45, 7) is 1.50. The number of urea groups is 1. The van der Waals surface area contributed by atoms with Crippen molar-refractivity contribution in [2.24, 2.45) is 0 Å². The van der Waals surface area contributed by atoms with E-state index in [0.717, 1.165) is 11.3 Å². The molecular weight excluding hydrogens is 272 g/mol. The average Bonchev–Trinajstić information content (AvgIpc) is 2.99. The molecule has 2 amide bonds. The lowest BCUT2D eigenvalue weighted by molar-refractivity contribution is 0.146. The third-order valence-electron chi connectivity index (χ3n) is 2.69. The number of methoxy groups -OCH3 is 1. The fraction of sp³-hybridized carbons (Fsp3) is 0.286. The molecule has 1 heterocycles. The molecule has 21 heavy (non-hydrogen) atoms. The summed E-state index contributed by atoms with van der Waals surface area (Å²) in [5.41, 5.74) is 1.60. The monoisotopic (exact) mass is 290 g/mol. The van der Waals surface area contributed by atoms with Crippen molar-refractivity contribution in [3.05, 3.63) is 42.2 Å². The van der Waals surface area contributed by atoms with Crippen LogP contribution in [-0.2, 0) is 11.3 Å². The number of ether oxygens (including phenoxy) is 2. The fourth-order valence-electron chi connectivity index (χ4n) is 1.62. The standard InChI is InChI=1S/C14H18N4O3/c1-20-6-7-21-13-4-2-11(3-5-13)8-15-14(19)18-12-9-16-17-10-12/h2-5,9-10H,6-8H2,1H3,(H,16,17)(H2,15,18,19). The maximum atomic E-state index is 11.6. The number of amides is 2. The van der Waals surface area contributed by atoms with Crippen LogP contribution in [0.5, 0.6) is 5.75 Å². The van der Waals surface area contributed by atoms with Crippen molar-refractivity contribution >= 4 is 11.7 Å². The maximum Gasteiger partial charge on any atom is 0.319 e. The molecule has 0 radical (unpaired) electrons. The Bertz CT molecular complexity index is 540. The van der Waals surface area contributed by atoms with Crippen molar-refractivity contribution in [1.29, 1.82) is 0 Å². The zero-order valence-electron chi connectivity index (χ0n) is 11.8. The Kier molecular flexibility index (Phi) is 5.60. The van der Waals surface area contributed by atoms with Crippen LogP contribution in [0.4, 0.5) is 10.5 Å². The Morgan fingerprint density at radius 2 is 2.10 bits per heavy atom. The number of nitrogens with one attached hydrogen (secondary N) is 3. The minimum absolute atomic E-state index is 0.281. The number of hydrogen-bond donors (Lipinski definition) is 3. The van der Waals surface area contributed by atoms with E-state index in [4.69, 9.17) is 9.47 Å². The summed E-state index contributed by atoms with van der Waals surface area (Å²) in [7, 11) is 1.63. The molecule has 0 spiro atoms. The van der Waals surface area contributed by atoms with Crippen LogP contribution in [-0.4, -0.2) is 36.6 Å². The summed E-state index contributed by atoms with van der Waals surface area (Å²) in [6.07, 6.45) is 3.14. The van der Waals surface area contributed by atoms with E-state index >= 15 is 0 Å². The minimum atomic E-state index is -0.281. The summed E-state index contributed by atoms with van der Waals surface area (Å²) in [4.78, 5) is 11.6. The average molecular weight is 290 g/mol. The van der Waals surface area contributed by atoms with Crippen LogP contribution < -0.4 is 15.4 Å². The van der Waals surface area contributed by atoms with Crippen LogP contribution in [0.2, 0.25) is 0 Å². The minimum Gasteiger partial charge on any atom is -0.491 e. The number of carbonyl (C=O) groups is 1. The molecule has 0 aliphatic carbocycles. The third kappa shape index (κ3) is 5.15. The molecule has 0 atom stereocenters. The number of carbonyl (C=O) groups excluding carboxylic acids is 1. The van der Waals surface area contributed by atoms with Crippen molar-refractivity contribution in [2.45, 2.75) is 6.54 Å². The predicted molar refractivity (Wildman–Crippen MR) is 78.3 cm³/mol. The first-order valence-corrected chi connectivity index (χ1v) is 6.52. The maximum absolute atomic E-state index is 11.6. The normalized spacial score (nSPS) is 10.1. The van der Waals surface area contributed by atoms with E-state index in [1.165, 1.54) is 6.20 Å². The summed E-state index contributed by atoms with van der Waals surface area (Å²) < 4.78 is 10.4. The third-order valence-corrected chi connectivity index (χ3v) is 2.69. The second kappa shape index (κ2) is 7.91. The lowest BCUT2D eigenvalue weighted by Gasteiger charge is -2.08. The van der Waals surface area contributed by atoms with Gasteiger partial charge in [0, 0.05) is 19.9 Å².